The van der Waals surface area contributed by atoms with Crippen molar-refractivity contribution in [1.82, 2.24) is 4.90 Å². The van der Waals surface area contributed by atoms with Gasteiger partial charge in [-0.15, -0.1) is 0 Å². The van der Waals surface area contributed by atoms with Gasteiger partial charge in [0.05, 0.1) is 18.7 Å². The standard InChI is InChI=1S/C9H15N3O2/c1-2-8(9(11)13)12-3-4-14-7(5-10)6-12/h7-8H,2-4,6H2,1H3,(H2,11,13). The van der Waals surface area contributed by atoms with Crippen molar-refractivity contribution in [3.05, 3.63) is 0 Å². The third-order valence-electron chi connectivity index (χ3n) is 2.40. The molecule has 0 radical (unpaired) electrons. The van der Waals surface area contributed by atoms with Gasteiger partial charge in [-0.1, -0.05) is 6.92 Å². The molecule has 0 aromatic rings. The second kappa shape index (κ2) is 4.94. The highest BCUT2D eigenvalue weighted by atomic mass is 16.5. The van der Waals surface area contributed by atoms with Crippen LogP contribution in [0.15, 0.2) is 0 Å². The Morgan fingerprint density at radius 3 is 3.07 bits per heavy atom. The molecule has 1 aliphatic heterocycles. The zero-order valence-electron chi connectivity index (χ0n) is 8.27. The van der Waals surface area contributed by atoms with E-state index in [1.54, 1.807) is 0 Å². The Morgan fingerprint density at radius 1 is 1.86 bits per heavy atom. The van der Waals surface area contributed by atoms with E-state index in [2.05, 4.69) is 0 Å². The molecule has 5 heteroatoms. The van der Waals surface area contributed by atoms with Crippen LogP contribution in [0.3, 0.4) is 0 Å². The number of nitriles is 1. The van der Waals surface area contributed by atoms with Crippen LogP contribution in [0.1, 0.15) is 13.3 Å². The molecule has 0 bridgehead atoms. The molecule has 2 unspecified atom stereocenters. The normalized spacial score (nSPS) is 25.3. The number of morpholine rings is 1. The van der Waals surface area contributed by atoms with Crippen molar-refractivity contribution in [2.24, 2.45) is 5.73 Å². The Labute approximate surface area is 83.4 Å². The molecule has 0 spiro atoms. The summed E-state index contributed by atoms with van der Waals surface area (Å²) < 4.78 is 5.18. The number of hydrogen-bond donors (Lipinski definition) is 1. The van der Waals surface area contributed by atoms with Crippen molar-refractivity contribution in [3.8, 4) is 6.07 Å². The summed E-state index contributed by atoms with van der Waals surface area (Å²) in [5.41, 5.74) is 5.26. The highest BCUT2D eigenvalue weighted by molar-refractivity contribution is 5.79. The van der Waals surface area contributed by atoms with Gasteiger partial charge in [-0.05, 0) is 6.42 Å². The highest BCUT2D eigenvalue weighted by Gasteiger charge is 2.28. The molecule has 0 aromatic heterocycles. The van der Waals surface area contributed by atoms with Gasteiger partial charge in [0.1, 0.15) is 0 Å². The smallest absolute Gasteiger partial charge is 0.234 e. The van der Waals surface area contributed by atoms with Gasteiger partial charge in [0, 0.05) is 13.1 Å². The molecule has 0 aromatic carbocycles. The number of ether oxygens (including phenoxy) is 1. The highest BCUT2D eigenvalue weighted by Crippen LogP contribution is 2.10. The number of nitrogens with zero attached hydrogens (tertiary/aromatic N) is 2. The third kappa shape index (κ3) is 2.44. The SMILES string of the molecule is CCC(C(N)=O)N1CCOC(C#N)C1. The fourth-order valence-corrected chi connectivity index (χ4v) is 1.67. The molecular weight excluding hydrogens is 182 g/mol. The largest absolute Gasteiger partial charge is 0.368 e. The van der Waals surface area contributed by atoms with E-state index in [1.165, 1.54) is 0 Å². The van der Waals surface area contributed by atoms with Crippen LogP contribution in [0.2, 0.25) is 0 Å². The van der Waals surface area contributed by atoms with Crippen molar-refractivity contribution >= 4 is 5.91 Å². The lowest BCUT2D eigenvalue weighted by Gasteiger charge is -2.34. The second-order valence-electron chi connectivity index (χ2n) is 3.31. The quantitative estimate of drug-likeness (QED) is 0.660. The summed E-state index contributed by atoms with van der Waals surface area (Å²) in [6.45, 7) is 3.53. The van der Waals surface area contributed by atoms with Crippen molar-refractivity contribution in [2.45, 2.75) is 25.5 Å². The predicted molar refractivity (Wildman–Crippen MR) is 50.2 cm³/mol. The van der Waals surface area contributed by atoms with Gasteiger partial charge in [0.25, 0.3) is 0 Å². The lowest BCUT2D eigenvalue weighted by atomic mass is 10.1. The first-order valence-electron chi connectivity index (χ1n) is 4.73. The van der Waals surface area contributed by atoms with Gasteiger partial charge < -0.3 is 10.5 Å². The number of nitrogens with two attached hydrogens (primary N) is 1. The maximum Gasteiger partial charge on any atom is 0.234 e. The minimum atomic E-state index is -0.433. The molecule has 1 aliphatic rings. The van der Waals surface area contributed by atoms with Gasteiger partial charge in [0.15, 0.2) is 6.10 Å². The predicted octanol–water partition coefficient (Wildman–Crippen LogP) is -0.525. The number of rotatable bonds is 3. The van der Waals surface area contributed by atoms with E-state index in [4.69, 9.17) is 15.7 Å². The average molecular weight is 197 g/mol. The summed E-state index contributed by atoms with van der Waals surface area (Å²) >= 11 is 0. The van der Waals surface area contributed by atoms with E-state index in [1.807, 2.05) is 17.9 Å². The number of carbonyl (C=O) groups is 1. The molecule has 1 saturated heterocycles. The summed E-state index contributed by atoms with van der Waals surface area (Å²) in [4.78, 5) is 13.0. The molecule has 14 heavy (non-hydrogen) atoms. The van der Waals surface area contributed by atoms with E-state index in [0.29, 0.717) is 26.1 Å². The molecule has 0 aliphatic carbocycles. The maximum absolute atomic E-state index is 11.1. The monoisotopic (exact) mass is 197 g/mol. The van der Waals surface area contributed by atoms with Crippen molar-refractivity contribution in [3.63, 3.8) is 0 Å². The van der Waals surface area contributed by atoms with Gasteiger partial charge in [0.2, 0.25) is 5.91 Å². The minimum Gasteiger partial charge on any atom is -0.368 e. The molecule has 1 heterocycles. The van der Waals surface area contributed by atoms with Crippen LogP contribution in [0.25, 0.3) is 0 Å². The topological polar surface area (TPSA) is 79.3 Å². The van der Waals surface area contributed by atoms with Crippen LogP contribution < -0.4 is 5.73 Å². The molecule has 5 nitrogen and oxygen atoms in total. The second-order valence-corrected chi connectivity index (χ2v) is 3.31. The number of carbonyl (C=O) groups excluding carboxylic acids is 1. The molecule has 1 fully saturated rings. The van der Waals surface area contributed by atoms with E-state index < -0.39 is 6.10 Å². The summed E-state index contributed by atoms with van der Waals surface area (Å²) in [6, 6.07) is 1.77. The molecule has 1 amide bonds. The number of hydrogen-bond acceptors (Lipinski definition) is 4. The summed E-state index contributed by atoms with van der Waals surface area (Å²) in [6.07, 6.45) is 0.241. The molecule has 1 rings (SSSR count). The lowest BCUT2D eigenvalue weighted by Crippen LogP contribution is -2.51. The first kappa shape index (κ1) is 11.0. The molecule has 0 saturated carbocycles. The molecule has 78 valence electrons. The van der Waals surface area contributed by atoms with Crippen LogP contribution in [0, 0.1) is 11.3 Å². The van der Waals surface area contributed by atoms with Gasteiger partial charge >= 0.3 is 0 Å². The average Bonchev–Trinajstić information content (AvgIpc) is 2.19. The van der Waals surface area contributed by atoms with Crippen molar-refractivity contribution < 1.29 is 9.53 Å². The Hall–Kier alpha value is -1.12. The van der Waals surface area contributed by atoms with E-state index in [0.717, 1.165) is 0 Å². The van der Waals surface area contributed by atoms with Crippen molar-refractivity contribution in [2.75, 3.05) is 19.7 Å². The van der Waals surface area contributed by atoms with E-state index in [9.17, 15) is 4.79 Å². The first-order valence-corrected chi connectivity index (χ1v) is 4.73. The van der Waals surface area contributed by atoms with Crippen LogP contribution in [-0.2, 0) is 9.53 Å². The Bertz CT molecular complexity index is 249. The molecule has 2 N–H and O–H groups in total. The van der Waals surface area contributed by atoms with Gasteiger partial charge in [-0.25, -0.2) is 0 Å². The third-order valence-corrected chi connectivity index (χ3v) is 2.40. The van der Waals surface area contributed by atoms with Crippen LogP contribution in [0.5, 0.6) is 0 Å². The summed E-state index contributed by atoms with van der Waals surface area (Å²) in [5.74, 6) is -0.328. The Kier molecular flexibility index (Phi) is 3.86. The van der Waals surface area contributed by atoms with Crippen LogP contribution in [0.4, 0.5) is 0 Å². The Morgan fingerprint density at radius 2 is 2.57 bits per heavy atom. The van der Waals surface area contributed by atoms with Crippen LogP contribution >= 0.6 is 0 Å². The molecule has 2 atom stereocenters. The molecular formula is C9H15N3O2. The Balaban J connectivity index is 2.58. The summed E-state index contributed by atoms with van der Waals surface area (Å²) in [7, 11) is 0. The first-order chi connectivity index (χ1) is 6.69. The van der Waals surface area contributed by atoms with Crippen molar-refractivity contribution in [1.29, 1.82) is 5.26 Å². The zero-order chi connectivity index (χ0) is 10.6. The maximum atomic E-state index is 11.1. The minimum absolute atomic E-state index is 0.269. The van der Waals surface area contributed by atoms with Gasteiger partial charge in [-0.2, -0.15) is 5.26 Å². The van der Waals surface area contributed by atoms with Crippen LogP contribution in [-0.4, -0.2) is 42.6 Å². The fraction of sp³-hybridized carbons (Fsp3) is 0.778. The fourth-order valence-electron chi connectivity index (χ4n) is 1.67. The zero-order valence-corrected chi connectivity index (χ0v) is 8.27. The van der Waals surface area contributed by atoms with Gasteiger partial charge in [-0.3, -0.25) is 9.69 Å². The summed E-state index contributed by atoms with van der Waals surface area (Å²) in [5, 5.41) is 8.68. The number of amides is 1. The van der Waals surface area contributed by atoms with E-state index in [-0.39, 0.29) is 11.9 Å². The lowest BCUT2D eigenvalue weighted by molar-refractivity contribution is -0.125. The van der Waals surface area contributed by atoms with E-state index >= 15 is 0 Å². The number of primary amides is 1.